The highest BCUT2D eigenvalue weighted by molar-refractivity contribution is 5.92. The van der Waals surface area contributed by atoms with Crippen LogP contribution in [-0.2, 0) is 6.54 Å². The van der Waals surface area contributed by atoms with Crippen molar-refractivity contribution in [1.29, 1.82) is 0 Å². The number of hydrazine groups is 1. The molecule has 1 aromatic heterocycles. The molecule has 0 aliphatic heterocycles. The van der Waals surface area contributed by atoms with Crippen LogP contribution >= 0.6 is 0 Å². The molecular weight excluding hydrogens is 258 g/mol. The van der Waals surface area contributed by atoms with Gasteiger partial charge in [0.15, 0.2) is 5.76 Å². The fourth-order valence-electron chi connectivity index (χ4n) is 1.95. The predicted molar refractivity (Wildman–Crippen MR) is 75.3 cm³/mol. The summed E-state index contributed by atoms with van der Waals surface area (Å²) in [6.45, 7) is 2.29. The predicted octanol–water partition coefficient (Wildman–Crippen LogP) is 1.53. The van der Waals surface area contributed by atoms with Crippen LogP contribution < -0.4 is 16.2 Å². The third-order valence-corrected chi connectivity index (χ3v) is 2.99. The fourth-order valence-corrected chi connectivity index (χ4v) is 1.95. The number of benzene rings is 1. The third kappa shape index (κ3) is 2.92. The minimum atomic E-state index is -0.443. The van der Waals surface area contributed by atoms with E-state index in [1.165, 1.54) is 0 Å². The van der Waals surface area contributed by atoms with Crippen LogP contribution in [0.2, 0.25) is 0 Å². The van der Waals surface area contributed by atoms with Crippen molar-refractivity contribution in [2.24, 2.45) is 5.84 Å². The van der Waals surface area contributed by atoms with Crippen LogP contribution in [0.25, 0.3) is 0 Å². The zero-order valence-corrected chi connectivity index (χ0v) is 11.4. The van der Waals surface area contributed by atoms with Gasteiger partial charge in [-0.05, 0) is 37.3 Å². The molecule has 0 fully saturated rings. The number of nitrogen functional groups attached to an aromatic ring is 1. The maximum atomic E-state index is 11.5. The Hall–Kier alpha value is -2.47. The molecule has 6 nitrogen and oxygen atoms in total. The van der Waals surface area contributed by atoms with E-state index in [1.807, 2.05) is 18.0 Å². The van der Waals surface area contributed by atoms with Crippen molar-refractivity contribution in [2.75, 3.05) is 11.9 Å². The van der Waals surface area contributed by atoms with Crippen LogP contribution in [0.4, 0.5) is 5.69 Å². The molecule has 0 spiro atoms. The molecule has 6 heteroatoms. The lowest BCUT2D eigenvalue weighted by atomic mass is 10.2. The van der Waals surface area contributed by atoms with E-state index in [9.17, 15) is 9.90 Å². The Bertz CT molecular complexity index is 605. The van der Waals surface area contributed by atoms with Gasteiger partial charge in [0.05, 0.1) is 6.54 Å². The van der Waals surface area contributed by atoms with Gasteiger partial charge in [-0.3, -0.25) is 10.2 Å². The molecule has 4 N–H and O–H groups in total. The molecule has 0 saturated heterocycles. The summed E-state index contributed by atoms with van der Waals surface area (Å²) in [5.74, 6) is 5.76. The summed E-state index contributed by atoms with van der Waals surface area (Å²) in [7, 11) is 1.90. The van der Waals surface area contributed by atoms with Gasteiger partial charge in [-0.2, -0.15) is 0 Å². The molecule has 20 heavy (non-hydrogen) atoms. The number of aryl methyl sites for hydroxylation is 1. The molecule has 0 bridgehead atoms. The van der Waals surface area contributed by atoms with Crippen molar-refractivity contribution < 1.29 is 14.3 Å². The maximum Gasteiger partial charge on any atom is 0.301 e. The lowest BCUT2D eigenvalue weighted by Gasteiger charge is -2.17. The van der Waals surface area contributed by atoms with E-state index >= 15 is 0 Å². The average Bonchev–Trinajstić information content (AvgIpc) is 2.79. The van der Waals surface area contributed by atoms with Gasteiger partial charge in [0.25, 0.3) is 0 Å². The van der Waals surface area contributed by atoms with Crippen molar-refractivity contribution in [1.82, 2.24) is 5.43 Å². The molecular formula is C14H17N3O3. The lowest BCUT2D eigenvalue weighted by Crippen LogP contribution is -2.30. The van der Waals surface area contributed by atoms with Gasteiger partial charge in [0, 0.05) is 18.3 Å². The second-order valence-corrected chi connectivity index (χ2v) is 4.57. The largest absolute Gasteiger partial charge is 0.508 e. The first-order chi connectivity index (χ1) is 9.51. The Balaban J connectivity index is 2.13. The van der Waals surface area contributed by atoms with Gasteiger partial charge in [-0.25, -0.2) is 5.84 Å². The number of hydrogen-bond acceptors (Lipinski definition) is 5. The first-order valence-electron chi connectivity index (χ1n) is 6.11. The molecule has 106 valence electrons. The number of rotatable bonds is 4. The number of furan rings is 1. The van der Waals surface area contributed by atoms with Crippen molar-refractivity contribution in [3.05, 3.63) is 47.4 Å². The summed E-state index contributed by atoms with van der Waals surface area (Å²) >= 11 is 0. The van der Waals surface area contributed by atoms with Crippen LogP contribution in [0.1, 0.15) is 21.9 Å². The molecule has 0 unspecified atom stereocenters. The van der Waals surface area contributed by atoms with Gasteiger partial charge >= 0.3 is 5.91 Å². The van der Waals surface area contributed by atoms with Crippen LogP contribution in [-0.4, -0.2) is 18.1 Å². The van der Waals surface area contributed by atoms with Gasteiger partial charge < -0.3 is 14.4 Å². The summed E-state index contributed by atoms with van der Waals surface area (Å²) in [6.07, 6.45) is 0. The normalized spacial score (nSPS) is 10.3. The number of nitrogens with one attached hydrogen (secondary N) is 1. The topological polar surface area (TPSA) is 91.7 Å². The highest BCUT2D eigenvalue weighted by atomic mass is 16.4. The number of phenolic OH excluding ortho intramolecular Hbond substituents is 1. The van der Waals surface area contributed by atoms with Gasteiger partial charge in [-0.1, -0.05) is 0 Å². The average molecular weight is 275 g/mol. The van der Waals surface area contributed by atoms with Gasteiger partial charge in [0.1, 0.15) is 11.5 Å². The van der Waals surface area contributed by atoms with E-state index in [4.69, 9.17) is 10.3 Å². The number of nitrogens with two attached hydrogens (primary N) is 1. The number of amides is 1. The minimum absolute atomic E-state index is 0.220. The lowest BCUT2D eigenvalue weighted by molar-refractivity contribution is 0.0923. The van der Waals surface area contributed by atoms with Crippen LogP contribution in [0.5, 0.6) is 5.75 Å². The Morgan fingerprint density at radius 3 is 2.65 bits per heavy atom. The number of carbonyl (C=O) groups is 1. The highest BCUT2D eigenvalue weighted by Gasteiger charge is 2.15. The summed E-state index contributed by atoms with van der Waals surface area (Å²) in [5.41, 5.74) is 3.72. The Morgan fingerprint density at radius 2 is 2.05 bits per heavy atom. The van der Waals surface area contributed by atoms with Crippen molar-refractivity contribution >= 4 is 11.6 Å². The molecule has 2 aromatic rings. The SMILES string of the molecule is Cc1cc(CN(C)c2ccc(O)cc2)oc1C(=O)NN. The second-order valence-electron chi connectivity index (χ2n) is 4.57. The number of nitrogens with zero attached hydrogens (tertiary/aromatic N) is 1. The zero-order valence-electron chi connectivity index (χ0n) is 11.4. The molecule has 1 amide bonds. The van der Waals surface area contributed by atoms with E-state index in [2.05, 4.69) is 5.43 Å². The van der Waals surface area contributed by atoms with Crippen LogP contribution in [0.3, 0.4) is 0 Å². The van der Waals surface area contributed by atoms with Crippen LogP contribution in [0, 0.1) is 6.92 Å². The number of phenols is 1. The summed E-state index contributed by atoms with van der Waals surface area (Å²) in [5, 5.41) is 9.26. The molecule has 0 aliphatic carbocycles. The zero-order chi connectivity index (χ0) is 14.7. The number of carbonyl (C=O) groups excluding carboxylic acids is 1. The third-order valence-electron chi connectivity index (χ3n) is 2.99. The number of anilines is 1. The Kier molecular flexibility index (Phi) is 3.95. The van der Waals surface area contributed by atoms with Crippen LogP contribution in [0.15, 0.2) is 34.7 Å². The van der Waals surface area contributed by atoms with E-state index in [1.54, 1.807) is 31.2 Å². The van der Waals surface area contributed by atoms with Crippen molar-refractivity contribution in [3.63, 3.8) is 0 Å². The van der Waals surface area contributed by atoms with E-state index in [-0.39, 0.29) is 11.5 Å². The van der Waals surface area contributed by atoms with Gasteiger partial charge in [-0.15, -0.1) is 0 Å². The standard InChI is InChI=1S/C14H17N3O3/c1-9-7-12(20-13(9)14(19)16-15)8-17(2)10-3-5-11(18)6-4-10/h3-7,18H,8,15H2,1-2H3,(H,16,19). The first-order valence-corrected chi connectivity index (χ1v) is 6.11. The molecule has 1 aromatic carbocycles. The summed E-state index contributed by atoms with van der Waals surface area (Å²) in [6, 6.07) is 8.65. The first kappa shape index (κ1) is 14.0. The summed E-state index contributed by atoms with van der Waals surface area (Å²) < 4.78 is 5.50. The Labute approximate surface area is 116 Å². The van der Waals surface area contributed by atoms with E-state index in [0.717, 1.165) is 11.3 Å². The number of aromatic hydroxyl groups is 1. The monoisotopic (exact) mass is 275 g/mol. The maximum absolute atomic E-state index is 11.5. The second kappa shape index (κ2) is 5.66. The molecule has 0 atom stereocenters. The molecule has 0 aliphatic rings. The molecule has 1 heterocycles. The Morgan fingerprint density at radius 1 is 1.40 bits per heavy atom. The smallest absolute Gasteiger partial charge is 0.301 e. The minimum Gasteiger partial charge on any atom is -0.508 e. The highest BCUT2D eigenvalue weighted by Crippen LogP contribution is 2.21. The molecule has 0 saturated carbocycles. The van der Waals surface area contributed by atoms with Gasteiger partial charge in [0.2, 0.25) is 0 Å². The quantitative estimate of drug-likeness (QED) is 0.447. The molecule has 2 rings (SSSR count). The van der Waals surface area contributed by atoms with E-state index < -0.39 is 5.91 Å². The molecule has 0 radical (unpaired) electrons. The summed E-state index contributed by atoms with van der Waals surface area (Å²) in [4.78, 5) is 13.4. The van der Waals surface area contributed by atoms with Crippen molar-refractivity contribution in [2.45, 2.75) is 13.5 Å². The fraction of sp³-hybridized carbons (Fsp3) is 0.214. The van der Waals surface area contributed by atoms with E-state index in [0.29, 0.717) is 12.3 Å². The number of hydrogen-bond donors (Lipinski definition) is 3. The van der Waals surface area contributed by atoms with Crippen molar-refractivity contribution in [3.8, 4) is 5.75 Å².